The molecule has 1 N–H and O–H groups in total. The molecule has 4 heteroatoms. The Morgan fingerprint density at radius 2 is 2.00 bits per heavy atom. The quantitative estimate of drug-likeness (QED) is 0.827. The van der Waals surface area contributed by atoms with Crippen LogP contribution in [0.2, 0.25) is 24.7 Å². The normalized spacial score (nSPS) is 11.3. The highest BCUT2D eigenvalue weighted by Crippen LogP contribution is 2.13. The molecular formula is C12H18ClNOSi. The predicted molar refractivity (Wildman–Crippen MR) is 72.4 cm³/mol. The Balaban J connectivity index is 3.24. The Bertz CT molecular complexity index is 398. The summed E-state index contributed by atoms with van der Waals surface area (Å²) >= 11 is 5.95. The zero-order valence-electron chi connectivity index (χ0n) is 10.2. The summed E-state index contributed by atoms with van der Waals surface area (Å²) in [5, 5.41) is 4.60. The molecule has 16 heavy (non-hydrogen) atoms. The Hall–Kier alpha value is -0.803. The SMILES string of the molecule is CCNC(=O)c1cc(Cl)ccc1[Si](C)(C)C. The minimum Gasteiger partial charge on any atom is -0.352 e. The molecule has 0 spiro atoms. The molecule has 0 saturated carbocycles. The molecule has 2 nitrogen and oxygen atoms in total. The van der Waals surface area contributed by atoms with Gasteiger partial charge >= 0.3 is 0 Å². The Morgan fingerprint density at radius 3 is 2.50 bits per heavy atom. The van der Waals surface area contributed by atoms with Crippen LogP contribution in [0.3, 0.4) is 0 Å². The lowest BCUT2D eigenvalue weighted by atomic mass is 10.2. The first kappa shape index (κ1) is 13.3. The van der Waals surface area contributed by atoms with Crippen molar-refractivity contribution < 1.29 is 4.79 Å². The molecule has 0 aliphatic carbocycles. The lowest BCUT2D eigenvalue weighted by Crippen LogP contribution is -2.43. The highest BCUT2D eigenvalue weighted by molar-refractivity contribution is 6.89. The summed E-state index contributed by atoms with van der Waals surface area (Å²) in [7, 11) is -1.51. The molecule has 88 valence electrons. The van der Waals surface area contributed by atoms with Gasteiger partial charge in [0.05, 0.1) is 8.07 Å². The minimum atomic E-state index is -1.51. The van der Waals surface area contributed by atoms with Gasteiger partial charge in [-0.2, -0.15) is 0 Å². The van der Waals surface area contributed by atoms with Crippen molar-refractivity contribution in [2.45, 2.75) is 26.6 Å². The van der Waals surface area contributed by atoms with Gasteiger partial charge in [0.1, 0.15) is 0 Å². The minimum absolute atomic E-state index is 0.0255. The maximum absolute atomic E-state index is 11.9. The number of halogens is 1. The van der Waals surface area contributed by atoms with Gasteiger partial charge in [-0.05, 0) is 24.2 Å². The van der Waals surface area contributed by atoms with Crippen LogP contribution in [0.25, 0.3) is 0 Å². The van der Waals surface area contributed by atoms with Gasteiger partial charge in [0, 0.05) is 17.1 Å². The van der Waals surface area contributed by atoms with Crippen LogP contribution in [0, 0.1) is 0 Å². The van der Waals surface area contributed by atoms with Crippen LogP contribution in [0.15, 0.2) is 18.2 Å². The lowest BCUT2D eigenvalue weighted by Gasteiger charge is -2.20. The van der Waals surface area contributed by atoms with E-state index < -0.39 is 8.07 Å². The highest BCUT2D eigenvalue weighted by Gasteiger charge is 2.23. The smallest absolute Gasteiger partial charge is 0.251 e. The van der Waals surface area contributed by atoms with Crippen molar-refractivity contribution in [1.82, 2.24) is 5.32 Å². The number of benzene rings is 1. The predicted octanol–water partition coefficient (Wildman–Crippen LogP) is 2.63. The third-order valence-corrected chi connectivity index (χ3v) is 4.66. The molecule has 0 unspecified atom stereocenters. The number of carbonyl (C=O) groups excluding carboxylic acids is 1. The fourth-order valence-corrected chi connectivity index (χ4v) is 3.36. The number of rotatable bonds is 3. The van der Waals surface area contributed by atoms with E-state index in [-0.39, 0.29) is 5.91 Å². The van der Waals surface area contributed by atoms with Crippen LogP contribution >= 0.6 is 11.6 Å². The molecule has 0 saturated heterocycles. The molecular weight excluding hydrogens is 238 g/mol. The first-order valence-electron chi connectivity index (χ1n) is 5.44. The third-order valence-electron chi connectivity index (χ3n) is 2.37. The van der Waals surface area contributed by atoms with Crippen LogP contribution in [0.1, 0.15) is 17.3 Å². The lowest BCUT2D eigenvalue weighted by molar-refractivity contribution is 0.0957. The standard InChI is InChI=1S/C12H18ClNOSi/c1-5-14-12(15)10-8-9(13)6-7-11(10)16(2,3)4/h6-8H,5H2,1-4H3,(H,14,15). The molecule has 1 amide bonds. The molecule has 0 atom stereocenters. The number of hydrogen-bond acceptors (Lipinski definition) is 1. The Morgan fingerprint density at radius 1 is 1.38 bits per heavy atom. The van der Waals surface area contributed by atoms with Crippen LogP contribution < -0.4 is 10.5 Å². The van der Waals surface area contributed by atoms with Crippen LogP contribution in [-0.4, -0.2) is 20.5 Å². The second kappa shape index (κ2) is 5.02. The van der Waals surface area contributed by atoms with Gasteiger partial charge in [-0.25, -0.2) is 0 Å². The van der Waals surface area contributed by atoms with Crippen molar-refractivity contribution in [1.29, 1.82) is 0 Å². The summed E-state index contributed by atoms with van der Waals surface area (Å²) in [6.45, 7) is 9.21. The zero-order valence-corrected chi connectivity index (χ0v) is 12.0. The molecule has 0 fully saturated rings. The molecule has 0 aliphatic heterocycles. The zero-order chi connectivity index (χ0) is 12.3. The van der Waals surface area contributed by atoms with Crippen molar-refractivity contribution in [3.8, 4) is 0 Å². The van der Waals surface area contributed by atoms with E-state index in [9.17, 15) is 4.79 Å². The second-order valence-corrected chi connectivity index (χ2v) is 10.3. The van der Waals surface area contributed by atoms with Crippen LogP contribution in [-0.2, 0) is 0 Å². The number of nitrogens with one attached hydrogen (secondary N) is 1. The molecule has 0 heterocycles. The molecule has 0 radical (unpaired) electrons. The fourth-order valence-electron chi connectivity index (χ4n) is 1.61. The summed E-state index contributed by atoms with van der Waals surface area (Å²) in [4.78, 5) is 11.9. The van der Waals surface area contributed by atoms with E-state index in [4.69, 9.17) is 11.6 Å². The first-order valence-corrected chi connectivity index (χ1v) is 9.32. The Kier molecular flexibility index (Phi) is 4.16. The summed E-state index contributed by atoms with van der Waals surface area (Å²) in [5.41, 5.74) is 0.730. The van der Waals surface area contributed by atoms with Crippen molar-refractivity contribution in [3.63, 3.8) is 0 Å². The van der Waals surface area contributed by atoms with E-state index in [1.165, 1.54) is 0 Å². The van der Waals surface area contributed by atoms with Gasteiger partial charge in [-0.3, -0.25) is 4.79 Å². The van der Waals surface area contributed by atoms with E-state index >= 15 is 0 Å². The fraction of sp³-hybridized carbons (Fsp3) is 0.417. The second-order valence-electron chi connectivity index (χ2n) is 4.80. The van der Waals surface area contributed by atoms with E-state index in [0.717, 1.165) is 10.8 Å². The molecule has 1 aromatic carbocycles. The van der Waals surface area contributed by atoms with Gasteiger partial charge in [0.25, 0.3) is 5.91 Å². The molecule has 0 bridgehead atoms. The van der Waals surface area contributed by atoms with Crippen molar-refractivity contribution in [3.05, 3.63) is 28.8 Å². The monoisotopic (exact) mass is 255 g/mol. The molecule has 1 aromatic rings. The average Bonchev–Trinajstić information content (AvgIpc) is 2.16. The Labute approximate surface area is 103 Å². The summed E-state index contributed by atoms with van der Waals surface area (Å²) in [6, 6.07) is 5.61. The van der Waals surface area contributed by atoms with Crippen molar-refractivity contribution in [2.75, 3.05) is 6.54 Å². The average molecular weight is 256 g/mol. The molecule has 0 aromatic heterocycles. The highest BCUT2D eigenvalue weighted by atomic mass is 35.5. The van der Waals surface area contributed by atoms with Gasteiger partial charge in [0.15, 0.2) is 0 Å². The van der Waals surface area contributed by atoms with Gasteiger partial charge in [0.2, 0.25) is 0 Å². The van der Waals surface area contributed by atoms with E-state index in [0.29, 0.717) is 11.6 Å². The van der Waals surface area contributed by atoms with Gasteiger partial charge < -0.3 is 5.32 Å². The maximum atomic E-state index is 11.9. The van der Waals surface area contributed by atoms with Crippen LogP contribution in [0.4, 0.5) is 0 Å². The van der Waals surface area contributed by atoms with Crippen molar-refractivity contribution >= 4 is 30.8 Å². The number of amides is 1. The first-order chi connectivity index (χ1) is 7.36. The third kappa shape index (κ3) is 3.09. The summed E-state index contributed by atoms with van der Waals surface area (Å²) in [6.07, 6.45) is 0. The van der Waals surface area contributed by atoms with Crippen molar-refractivity contribution in [2.24, 2.45) is 0 Å². The van der Waals surface area contributed by atoms with E-state index in [1.54, 1.807) is 6.07 Å². The van der Waals surface area contributed by atoms with Gasteiger partial charge in [-0.15, -0.1) is 0 Å². The van der Waals surface area contributed by atoms with Gasteiger partial charge in [-0.1, -0.05) is 37.3 Å². The number of hydrogen-bond donors (Lipinski definition) is 1. The molecule has 0 aliphatic rings. The molecule has 1 rings (SSSR count). The van der Waals surface area contributed by atoms with E-state index in [2.05, 4.69) is 25.0 Å². The maximum Gasteiger partial charge on any atom is 0.251 e. The van der Waals surface area contributed by atoms with E-state index in [1.807, 2.05) is 19.1 Å². The topological polar surface area (TPSA) is 29.1 Å². The summed E-state index contributed by atoms with van der Waals surface area (Å²) < 4.78 is 0. The largest absolute Gasteiger partial charge is 0.352 e. The summed E-state index contributed by atoms with van der Waals surface area (Å²) in [5.74, 6) is -0.0255. The number of carbonyl (C=O) groups is 1. The van der Waals surface area contributed by atoms with Crippen LogP contribution in [0.5, 0.6) is 0 Å².